The Labute approximate surface area is 135 Å². The summed E-state index contributed by atoms with van der Waals surface area (Å²) in [4.78, 5) is 4.10. The lowest BCUT2D eigenvalue weighted by atomic mass is 10.2. The van der Waals surface area contributed by atoms with E-state index in [9.17, 15) is 0 Å². The van der Waals surface area contributed by atoms with Crippen molar-refractivity contribution < 1.29 is 12.4 Å². The summed E-state index contributed by atoms with van der Waals surface area (Å²) >= 11 is 0. The number of aryl methyl sites for hydroxylation is 1. The van der Waals surface area contributed by atoms with Gasteiger partial charge in [-0.2, -0.15) is 0 Å². The molecule has 0 aliphatic rings. The van der Waals surface area contributed by atoms with Crippen LogP contribution in [0, 0.1) is 6.92 Å². The molecule has 0 bridgehead atoms. The molecule has 21 heavy (non-hydrogen) atoms. The van der Waals surface area contributed by atoms with Crippen LogP contribution in [0.1, 0.15) is 5.56 Å². The molecule has 0 saturated heterocycles. The quantitative estimate of drug-likeness (QED) is 0.650. The highest BCUT2D eigenvalue weighted by Gasteiger charge is 2.27. The van der Waals surface area contributed by atoms with Gasteiger partial charge in [0.15, 0.2) is 14.7 Å². The van der Waals surface area contributed by atoms with Crippen LogP contribution in [0.3, 0.4) is 0 Å². The second-order valence-corrected chi connectivity index (χ2v) is 6.77. The zero-order valence-electron chi connectivity index (χ0n) is 11.9. The molecule has 0 spiro atoms. The number of halogens is 1. The van der Waals surface area contributed by atoms with Crippen LogP contribution in [0.5, 0.6) is 0 Å². The molecule has 0 nitrogen and oxygen atoms in total. The number of rotatable bonds is 3. The van der Waals surface area contributed by atoms with Gasteiger partial charge in [0.05, 0.1) is 10.9 Å². The highest BCUT2D eigenvalue weighted by atomic mass is 35.5. The summed E-state index contributed by atoms with van der Waals surface area (Å²) in [6, 6.07) is 30.4. The van der Waals surface area contributed by atoms with Gasteiger partial charge in [0.25, 0.3) is 0 Å². The summed E-state index contributed by atoms with van der Waals surface area (Å²) in [5.41, 5.74) is 1.30. The van der Waals surface area contributed by atoms with E-state index in [1.807, 2.05) is 0 Å². The second-order valence-electron chi connectivity index (χ2n) is 4.75. The van der Waals surface area contributed by atoms with Crippen molar-refractivity contribution in [2.45, 2.75) is 21.6 Å². The minimum atomic E-state index is -0.0229. The molecule has 0 aromatic heterocycles. The van der Waals surface area contributed by atoms with E-state index in [2.05, 4.69) is 91.9 Å². The van der Waals surface area contributed by atoms with Crippen LogP contribution in [0.4, 0.5) is 0 Å². The van der Waals surface area contributed by atoms with Gasteiger partial charge in [-0.3, -0.25) is 0 Å². The van der Waals surface area contributed by atoms with E-state index in [0.717, 1.165) is 0 Å². The molecule has 0 fully saturated rings. The van der Waals surface area contributed by atoms with Crippen molar-refractivity contribution in [2.75, 3.05) is 0 Å². The van der Waals surface area contributed by atoms with Gasteiger partial charge in [-0.25, -0.2) is 0 Å². The maximum Gasteiger partial charge on any atom is 0.166 e. The Morgan fingerprint density at radius 1 is 0.524 bits per heavy atom. The van der Waals surface area contributed by atoms with Crippen molar-refractivity contribution in [3.63, 3.8) is 0 Å². The summed E-state index contributed by atoms with van der Waals surface area (Å²) in [7, 11) is -0.0229. The Balaban J connectivity index is 0.00000161. The molecule has 0 unspecified atom stereocenters. The van der Waals surface area contributed by atoms with Crippen LogP contribution in [0.25, 0.3) is 0 Å². The molecule has 3 aromatic carbocycles. The predicted octanol–water partition coefficient (Wildman–Crippen LogP) is 2.09. The summed E-state index contributed by atoms with van der Waals surface area (Å²) in [5, 5.41) is 0. The first kappa shape index (κ1) is 15.7. The number of hydrogen-bond acceptors (Lipinski definition) is 0. The van der Waals surface area contributed by atoms with Gasteiger partial charge in [-0.1, -0.05) is 54.1 Å². The van der Waals surface area contributed by atoms with Crippen LogP contribution in [0.2, 0.25) is 0 Å². The Bertz CT molecular complexity index is 623. The normalized spacial score (nSPS) is 10.2. The van der Waals surface area contributed by atoms with Crippen LogP contribution < -0.4 is 12.4 Å². The Morgan fingerprint density at radius 2 is 0.905 bits per heavy atom. The van der Waals surface area contributed by atoms with Gasteiger partial charge in [-0.15, -0.1) is 0 Å². The summed E-state index contributed by atoms with van der Waals surface area (Å²) in [6.45, 7) is 2.13. The third kappa shape index (κ3) is 3.69. The Hall–Kier alpha value is -1.70. The van der Waals surface area contributed by atoms with Crippen LogP contribution in [0.15, 0.2) is 99.6 Å². The average molecular weight is 313 g/mol. The van der Waals surface area contributed by atoms with Crippen molar-refractivity contribution in [1.82, 2.24) is 0 Å². The minimum Gasteiger partial charge on any atom is -1.00 e. The van der Waals surface area contributed by atoms with Gasteiger partial charge in [-0.05, 0) is 43.3 Å². The molecule has 106 valence electrons. The molecule has 0 aliphatic carbocycles. The van der Waals surface area contributed by atoms with Gasteiger partial charge in [0, 0.05) is 0 Å². The van der Waals surface area contributed by atoms with Crippen molar-refractivity contribution in [1.29, 1.82) is 0 Å². The average Bonchev–Trinajstić information content (AvgIpc) is 2.52. The first-order valence-electron chi connectivity index (χ1n) is 6.76. The van der Waals surface area contributed by atoms with E-state index >= 15 is 0 Å². The zero-order chi connectivity index (χ0) is 13.8. The molecule has 0 atom stereocenters. The molecule has 0 radical (unpaired) electrons. The fraction of sp³-hybridized carbons (Fsp3) is 0.0526. The lowest BCUT2D eigenvalue weighted by Crippen LogP contribution is -3.00. The maximum atomic E-state index is 2.25. The molecule has 0 heterocycles. The molecule has 2 heteroatoms. The molecule has 0 N–H and O–H groups in total. The van der Waals surface area contributed by atoms with Crippen molar-refractivity contribution in [2.24, 2.45) is 0 Å². The van der Waals surface area contributed by atoms with E-state index in [4.69, 9.17) is 0 Å². The fourth-order valence-electron chi connectivity index (χ4n) is 2.20. The molecule has 3 rings (SSSR count). The van der Waals surface area contributed by atoms with E-state index in [0.29, 0.717) is 0 Å². The van der Waals surface area contributed by atoms with Crippen LogP contribution >= 0.6 is 0 Å². The Morgan fingerprint density at radius 3 is 1.33 bits per heavy atom. The monoisotopic (exact) mass is 312 g/mol. The molecule has 0 amide bonds. The minimum absolute atomic E-state index is 0. The molecule has 3 aromatic rings. The van der Waals surface area contributed by atoms with Gasteiger partial charge in [0.2, 0.25) is 0 Å². The lowest BCUT2D eigenvalue weighted by molar-refractivity contribution is -0.00000401. The van der Waals surface area contributed by atoms with E-state index in [-0.39, 0.29) is 23.3 Å². The maximum absolute atomic E-state index is 2.25. The fourth-order valence-corrected chi connectivity index (χ4v) is 4.28. The number of benzene rings is 3. The third-order valence-corrected chi connectivity index (χ3v) is 5.45. The van der Waals surface area contributed by atoms with E-state index in [1.165, 1.54) is 20.2 Å². The summed E-state index contributed by atoms with van der Waals surface area (Å²) in [6.07, 6.45) is 0. The Kier molecular flexibility index (Phi) is 5.49. The standard InChI is InChI=1S/C19H17S.ClH/c1-16-12-14-19(15-13-16)20(17-8-4-2-5-9-17)18-10-6-3-7-11-18;/h2-15H,1H3;1H/q+1;/p-1. The van der Waals surface area contributed by atoms with Gasteiger partial charge < -0.3 is 12.4 Å². The van der Waals surface area contributed by atoms with Crippen LogP contribution in [-0.4, -0.2) is 0 Å². The molecular formula is C19H17ClS. The molecular weight excluding hydrogens is 296 g/mol. The van der Waals surface area contributed by atoms with Crippen molar-refractivity contribution in [3.05, 3.63) is 90.5 Å². The highest BCUT2D eigenvalue weighted by Crippen LogP contribution is 2.30. The topological polar surface area (TPSA) is 0 Å². The highest BCUT2D eigenvalue weighted by molar-refractivity contribution is 7.97. The number of hydrogen-bond donors (Lipinski definition) is 0. The predicted molar refractivity (Wildman–Crippen MR) is 86.2 cm³/mol. The summed E-state index contributed by atoms with van der Waals surface area (Å²) in [5.74, 6) is 0. The smallest absolute Gasteiger partial charge is 0.166 e. The van der Waals surface area contributed by atoms with E-state index < -0.39 is 0 Å². The lowest BCUT2D eigenvalue weighted by Gasteiger charge is -2.07. The SMILES string of the molecule is Cc1ccc([S+](c2ccccc2)c2ccccc2)cc1.[Cl-]. The molecule has 0 aliphatic heterocycles. The van der Waals surface area contributed by atoms with Crippen molar-refractivity contribution >= 4 is 10.9 Å². The largest absolute Gasteiger partial charge is 1.00 e. The molecule has 0 saturated carbocycles. The van der Waals surface area contributed by atoms with Gasteiger partial charge in [0.1, 0.15) is 0 Å². The zero-order valence-corrected chi connectivity index (χ0v) is 13.4. The van der Waals surface area contributed by atoms with Crippen molar-refractivity contribution in [3.8, 4) is 0 Å². The first-order chi connectivity index (χ1) is 9.84. The first-order valence-corrected chi connectivity index (χ1v) is 7.98. The third-order valence-electron chi connectivity index (χ3n) is 3.21. The van der Waals surface area contributed by atoms with Gasteiger partial charge >= 0.3 is 0 Å². The second kappa shape index (κ2) is 7.35. The van der Waals surface area contributed by atoms with E-state index in [1.54, 1.807) is 0 Å². The van der Waals surface area contributed by atoms with Crippen LogP contribution in [-0.2, 0) is 10.9 Å². The summed E-state index contributed by atoms with van der Waals surface area (Å²) < 4.78 is 0.